The van der Waals surface area contributed by atoms with E-state index in [9.17, 15) is 4.79 Å². The van der Waals surface area contributed by atoms with Crippen molar-refractivity contribution in [2.75, 3.05) is 13.2 Å². The fourth-order valence-electron chi connectivity index (χ4n) is 3.45. The first-order valence-corrected chi connectivity index (χ1v) is 10.5. The normalized spacial score (nSPS) is 12.2. The third-order valence-corrected chi connectivity index (χ3v) is 4.95. The molecule has 30 heavy (non-hydrogen) atoms. The summed E-state index contributed by atoms with van der Waals surface area (Å²) in [7, 11) is 0. The Bertz CT molecular complexity index is 907. The van der Waals surface area contributed by atoms with Gasteiger partial charge in [-0.15, -0.1) is 0 Å². The molecule has 3 aromatic rings. The average Bonchev–Trinajstić information content (AvgIpc) is 2.79. The van der Waals surface area contributed by atoms with Crippen molar-refractivity contribution in [2.45, 2.75) is 25.9 Å². The Morgan fingerprint density at radius 3 is 2.03 bits per heavy atom. The molecule has 0 saturated carbocycles. The van der Waals surface area contributed by atoms with Crippen molar-refractivity contribution < 1.29 is 9.53 Å². The summed E-state index contributed by atoms with van der Waals surface area (Å²) in [6.07, 6.45) is 4.84. The highest BCUT2D eigenvalue weighted by molar-refractivity contribution is 5.76. The molecule has 0 heterocycles. The molecule has 0 radical (unpaired) electrons. The van der Waals surface area contributed by atoms with Gasteiger partial charge in [0.05, 0.1) is 6.61 Å². The van der Waals surface area contributed by atoms with Crippen LogP contribution >= 0.6 is 0 Å². The van der Waals surface area contributed by atoms with Crippen molar-refractivity contribution in [3.63, 3.8) is 0 Å². The molecule has 3 aromatic carbocycles. The second-order valence-corrected chi connectivity index (χ2v) is 7.19. The number of carbonyl (C=O) groups is 1. The van der Waals surface area contributed by atoms with Crippen LogP contribution in [0.3, 0.4) is 0 Å². The number of rotatable bonds is 10. The fraction of sp³-hybridized carbons (Fsp3) is 0.222. The molecular formula is C27H29NO2. The molecule has 3 heteroatoms. The molecule has 0 aromatic heterocycles. The van der Waals surface area contributed by atoms with E-state index in [1.165, 1.54) is 5.56 Å². The Labute approximate surface area is 179 Å². The molecule has 0 aliphatic heterocycles. The van der Waals surface area contributed by atoms with E-state index in [0.29, 0.717) is 26.1 Å². The number of carbonyl (C=O) groups excluding carboxylic acids is 1. The summed E-state index contributed by atoms with van der Waals surface area (Å²) in [5, 5.41) is 0. The van der Waals surface area contributed by atoms with Crippen molar-refractivity contribution in [3.8, 4) is 0 Å². The highest BCUT2D eigenvalue weighted by Crippen LogP contribution is 2.16. The van der Waals surface area contributed by atoms with E-state index in [2.05, 4.69) is 53.5 Å². The van der Waals surface area contributed by atoms with Gasteiger partial charge in [0.1, 0.15) is 6.04 Å². The van der Waals surface area contributed by atoms with E-state index < -0.39 is 0 Å². The SMILES string of the molecule is CCOC(=O)C(Cc1ccccc1)N(CC=Cc1ccccc1)Cc1ccccc1. The minimum atomic E-state index is -0.354. The van der Waals surface area contributed by atoms with Gasteiger partial charge >= 0.3 is 5.97 Å². The summed E-state index contributed by atoms with van der Waals surface area (Å²) < 4.78 is 5.45. The first kappa shape index (κ1) is 21.5. The van der Waals surface area contributed by atoms with Gasteiger partial charge in [0.25, 0.3) is 0 Å². The zero-order chi connectivity index (χ0) is 21.0. The number of hydrogen-bond acceptors (Lipinski definition) is 3. The van der Waals surface area contributed by atoms with Gasteiger partial charge in [-0.25, -0.2) is 0 Å². The molecule has 0 bridgehead atoms. The molecule has 3 nitrogen and oxygen atoms in total. The molecule has 154 valence electrons. The highest BCUT2D eigenvalue weighted by atomic mass is 16.5. The Hall–Kier alpha value is -3.17. The van der Waals surface area contributed by atoms with E-state index in [1.54, 1.807) is 0 Å². The van der Waals surface area contributed by atoms with Crippen molar-refractivity contribution >= 4 is 12.0 Å². The number of hydrogen-bond donors (Lipinski definition) is 0. The standard InChI is InChI=1S/C27H29NO2/c1-2-30-27(29)26(21-24-15-8-4-9-16-24)28(22-25-17-10-5-11-18-25)20-12-19-23-13-6-3-7-14-23/h3-19,26H,2,20-22H2,1H3. The summed E-state index contributed by atoms with van der Waals surface area (Å²) in [6, 6.07) is 30.3. The van der Waals surface area contributed by atoms with E-state index in [0.717, 1.165) is 11.1 Å². The Morgan fingerprint density at radius 2 is 1.43 bits per heavy atom. The van der Waals surface area contributed by atoms with E-state index in [4.69, 9.17) is 4.74 Å². The van der Waals surface area contributed by atoms with Crippen LogP contribution in [0, 0.1) is 0 Å². The molecule has 1 unspecified atom stereocenters. The average molecular weight is 400 g/mol. The number of benzene rings is 3. The largest absolute Gasteiger partial charge is 0.465 e. The molecule has 0 saturated heterocycles. The first-order chi connectivity index (χ1) is 14.8. The molecule has 0 N–H and O–H groups in total. The predicted molar refractivity (Wildman–Crippen MR) is 123 cm³/mol. The maximum Gasteiger partial charge on any atom is 0.323 e. The summed E-state index contributed by atoms with van der Waals surface area (Å²) >= 11 is 0. The first-order valence-electron chi connectivity index (χ1n) is 10.5. The molecule has 3 rings (SSSR count). The van der Waals surface area contributed by atoms with Crippen molar-refractivity contribution in [2.24, 2.45) is 0 Å². The molecular weight excluding hydrogens is 370 g/mol. The quantitative estimate of drug-likeness (QED) is 0.429. The van der Waals surface area contributed by atoms with Crippen molar-refractivity contribution in [1.82, 2.24) is 4.90 Å². The lowest BCUT2D eigenvalue weighted by Crippen LogP contribution is -2.43. The van der Waals surface area contributed by atoms with Crippen LogP contribution in [0.25, 0.3) is 6.08 Å². The van der Waals surface area contributed by atoms with E-state index >= 15 is 0 Å². The number of nitrogens with zero attached hydrogens (tertiary/aromatic N) is 1. The van der Waals surface area contributed by atoms with Gasteiger partial charge in [0.15, 0.2) is 0 Å². The molecule has 0 fully saturated rings. The fourth-order valence-corrected chi connectivity index (χ4v) is 3.45. The molecule has 1 atom stereocenters. The van der Waals surface area contributed by atoms with Gasteiger partial charge in [0, 0.05) is 13.1 Å². The third-order valence-electron chi connectivity index (χ3n) is 4.95. The maximum atomic E-state index is 12.9. The van der Waals surface area contributed by atoms with Gasteiger partial charge in [-0.2, -0.15) is 0 Å². The van der Waals surface area contributed by atoms with Crippen LogP contribution in [0.15, 0.2) is 97.1 Å². The zero-order valence-electron chi connectivity index (χ0n) is 17.5. The van der Waals surface area contributed by atoms with E-state index in [1.807, 2.05) is 61.5 Å². The Morgan fingerprint density at radius 1 is 0.867 bits per heavy atom. The van der Waals surface area contributed by atoms with Crippen LogP contribution in [0.5, 0.6) is 0 Å². The summed E-state index contributed by atoms with van der Waals surface area (Å²) in [5.41, 5.74) is 3.45. The van der Waals surface area contributed by atoms with Gasteiger partial charge < -0.3 is 4.74 Å². The lowest BCUT2D eigenvalue weighted by molar-refractivity contribution is -0.149. The summed E-state index contributed by atoms with van der Waals surface area (Å²) in [6.45, 7) is 3.56. The number of esters is 1. The van der Waals surface area contributed by atoms with E-state index in [-0.39, 0.29) is 12.0 Å². The summed E-state index contributed by atoms with van der Waals surface area (Å²) in [4.78, 5) is 15.1. The van der Waals surface area contributed by atoms with Crippen LogP contribution in [0.1, 0.15) is 23.6 Å². The zero-order valence-corrected chi connectivity index (χ0v) is 17.5. The smallest absolute Gasteiger partial charge is 0.323 e. The molecule has 0 spiro atoms. The van der Waals surface area contributed by atoms with Crippen LogP contribution in [0.4, 0.5) is 0 Å². The van der Waals surface area contributed by atoms with Crippen LogP contribution in [-0.2, 0) is 22.5 Å². The Balaban J connectivity index is 1.84. The molecule has 0 amide bonds. The van der Waals surface area contributed by atoms with Gasteiger partial charge in [-0.05, 0) is 30.0 Å². The Kier molecular flexibility index (Phi) is 8.43. The van der Waals surface area contributed by atoms with Crippen LogP contribution in [-0.4, -0.2) is 30.1 Å². The van der Waals surface area contributed by atoms with Crippen molar-refractivity contribution in [1.29, 1.82) is 0 Å². The van der Waals surface area contributed by atoms with Crippen molar-refractivity contribution in [3.05, 3.63) is 114 Å². The second kappa shape index (κ2) is 11.7. The molecule has 0 aliphatic carbocycles. The predicted octanol–water partition coefficient (Wildman–Crippen LogP) is 5.38. The lowest BCUT2D eigenvalue weighted by Gasteiger charge is -2.29. The summed E-state index contributed by atoms with van der Waals surface area (Å²) in [5.74, 6) is -0.176. The monoisotopic (exact) mass is 399 g/mol. The molecule has 0 aliphatic rings. The maximum absolute atomic E-state index is 12.9. The minimum absolute atomic E-state index is 0.176. The van der Waals surface area contributed by atoms with Gasteiger partial charge in [0.2, 0.25) is 0 Å². The third kappa shape index (κ3) is 6.71. The lowest BCUT2D eigenvalue weighted by atomic mass is 10.0. The van der Waals surface area contributed by atoms with Crippen LogP contribution in [0.2, 0.25) is 0 Å². The van der Waals surface area contributed by atoms with Gasteiger partial charge in [-0.3, -0.25) is 9.69 Å². The second-order valence-electron chi connectivity index (χ2n) is 7.19. The van der Waals surface area contributed by atoms with Gasteiger partial charge in [-0.1, -0.05) is 103 Å². The van der Waals surface area contributed by atoms with Crippen LogP contribution < -0.4 is 0 Å². The topological polar surface area (TPSA) is 29.5 Å². The minimum Gasteiger partial charge on any atom is -0.465 e. The number of ether oxygens (including phenoxy) is 1. The highest BCUT2D eigenvalue weighted by Gasteiger charge is 2.27.